The molecule has 17 heavy (non-hydrogen) atoms. The predicted molar refractivity (Wildman–Crippen MR) is 67.5 cm³/mol. The summed E-state index contributed by atoms with van der Waals surface area (Å²) in [6, 6.07) is 1.83. The molecule has 1 unspecified atom stereocenters. The van der Waals surface area contributed by atoms with Gasteiger partial charge in [-0.3, -0.25) is 0 Å². The lowest BCUT2D eigenvalue weighted by Gasteiger charge is -2.12. The maximum Gasteiger partial charge on any atom is 0.226 e. The Morgan fingerprint density at radius 1 is 1.41 bits per heavy atom. The van der Waals surface area contributed by atoms with Crippen molar-refractivity contribution in [3.63, 3.8) is 0 Å². The highest BCUT2D eigenvalue weighted by Gasteiger charge is 2.04. The van der Waals surface area contributed by atoms with Crippen LogP contribution in [-0.4, -0.2) is 36.3 Å². The first-order valence-corrected chi connectivity index (χ1v) is 5.90. The van der Waals surface area contributed by atoms with Crippen LogP contribution in [0.15, 0.2) is 6.07 Å². The van der Waals surface area contributed by atoms with Crippen LogP contribution in [0.25, 0.3) is 0 Å². The minimum atomic E-state index is 0.124. The van der Waals surface area contributed by atoms with Gasteiger partial charge in [0.05, 0.1) is 12.7 Å². The van der Waals surface area contributed by atoms with Gasteiger partial charge in [0.15, 0.2) is 0 Å². The molecule has 0 aliphatic rings. The molecule has 1 aromatic heterocycles. The van der Waals surface area contributed by atoms with E-state index in [0.29, 0.717) is 25.0 Å². The van der Waals surface area contributed by atoms with Crippen LogP contribution in [0.1, 0.15) is 26.0 Å². The van der Waals surface area contributed by atoms with E-state index in [0.717, 1.165) is 12.1 Å². The third-order valence-electron chi connectivity index (χ3n) is 2.23. The summed E-state index contributed by atoms with van der Waals surface area (Å²) in [5.41, 5.74) is 0.888. The molecule has 0 saturated heterocycles. The summed E-state index contributed by atoms with van der Waals surface area (Å²) >= 11 is 0. The lowest BCUT2D eigenvalue weighted by Crippen LogP contribution is -2.19. The molecule has 1 aromatic rings. The van der Waals surface area contributed by atoms with Gasteiger partial charge in [-0.15, -0.1) is 0 Å². The van der Waals surface area contributed by atoms with Crippen LogP contribution < -0.4 is 10.1 Å². The van der Waals surface area contributed by atoms with Gasteiger partial charge >= 0.3 is 0 Å². The molecule has 5 heteroatoms. The second kappa shape index (κ2) is 7.06. The predicted octanol–water partition coefficient (Wildman–Crippen LogP) is 2.02. The average molecular weight is 239 g/mol. The molecule has 1 atom stereocenters. The number of anilines is 1. The van der Waals surface area contributed by atoms with E-state index in [1.165, 1.54) is 0 Å². The average Bonchev–Trinajstić information content (AvgIpc) is 2.32. The van der Waals surface area contributed by atoms with Crippen LogP contribution in [0.2, 0.25) is 0 Å². The van der Waals surface area contributed by atoms with E-state index in [-0.39, 0.29) is 6.10 Å². The van der Waals surface area contributed by atoms with Gasteiger partial charge in [-0.2, -0.15) is 4.98 Å². The van der Waals surface area contributed by atoms with Crippen molar-refractivity contribution < 1.29 is 9.47 Å². The number of aryl methyl sites for hydroxylation is 1. The van der Waals surface area contributed by atoms with Crippen molar-refractivity contribution in [1.29, 1.82) is 0 Å². The zero-order chi connectivity index (χ0) is 12.7. The fourth-order valence-corrected chi connectivity index (χ4v) is 1.22. The second-order valence-electron chi connectivity index (χ2n) is 3.95. The lowest BCUT2D eigenvalue weighted by atomic mass is 10.4. The Morgan fingerprint density at radius 3 is 2.82 bits per heavy atom. The lowest BCUT2D eigenvalue weighted by molar-refractivity contribution is 0.128. The Labute approximate surface area is 103 Å². The number of methoxy groups -OCH3 is 1. The van der Waals surface area contributed by atoms with E-state index in [1.54, 1.807) is 7.11 Å². The summed E-state index contributed by atoms with van der Waals surface area (Å²) in [5.74, 6) is 1.20. The minimum absolute atomic E-state index is 0.124. The smallest absolute Gasteiger partial charge is 0.226 e. The molecule has 0 fully saturated rings. The Balaban J connectivity index is 2.61. The van der Waals surface area contributed by atoms with E-state index in [9.17, 15) is 0 Å². The van der Waals surface area contributed by atoms with Crippen molar-refractivity contribution in [2.45, 2.75) is 33.3 Å². The van der Waals surface area contributed by atoms with E-state index >= 15 is 0 Å². The Bertz CT molecular complexity index is 345. The van der Waals surface area contributed by atoms with Crippen molar-refractivity contribution in [2.75, 3.05) is 25.6 Å². The number of ether oxygens (including phenoxy) is 2. The Kier molecular flexibility index (Phi) is 5.69. The minimum Gasteiger partial charge on any atom is -0.478 e. The van der Waals surface area contributed by atoms with Crippen LogP contribution >= 0.6 is 0 Å². The van der Waals surface area contributed by atoms with Gasteiger partial charge in [0.2, 0.25) is 11.8 Å². The van der Waals surface area contributed by atoms with Gasteiger partial charge in [0.25, 0.3) is 0 Å². The van der Waals surface area contributed by atoms with Crippen molar-refractivity contribution in [2.24, 2.45) is 0 Å². The van der Waals surface area contributed by atoms with Gasteiger partial charge in [0.1, 0.15) is 0 Å². The van der Waals surface area contributed by atoms with Gasteiger partial charge in [0, 0.05) is 25.4 Å². The fourth-order valence-electron chi connectivity index (χ4n) is 1.22. The number of hydrogen-bond acceptors (Lipinski definition) is 5. The molecule has 0 saturated carbocycles. The molecule has 96 valence electrons. The number of aromatic nitrogens is 2. The molecule has 0 amide bonds. The highest BCUT2D eigenvalue weighted by atomic mass is 16.5. The summed E-state index contributed by atoms with van der Waals surface area (Å²) in [5, 5.41) is 3.13. The third kappa shape index (κ3) is 4.99. The Morgan fingerprint density at radius 2 is 2.18 bits per heavy atom. The number of nitrogens with zero attached hydrogens (tertiary/aromatic N) is 2. The van der Waals surface area contributed by atoms with E-state index in [4.69, 9.17) is 9.47 Å². The normalized spacial score (nSPS) is 12.2. The standard InChI is InChI=1S/C12H21N3O2/c1-5-6-17-11-7-9(2)14-12(15-11)13-8-10(3)16-4/h7,10H,5-6,8H2,1-4H3,(H,13,14,15). The van der Waals surface area contributed by atoms with Gasteiger partial charge in [-0.05, 0) is 20.3 Å². The molecular formula is C12H21N3O2. The van der Waals surface area contributed by atoms with Gasteiger partial charge in [-0.1, -0.05) is 6.92 Å². The quantitative estimate of drug-likeness (QED) is 0.789. The van der Waals surface area contributed by atoms with Crippen molar-refractivity contribution in [1.82, 2.24) is 9.97 Å². The first-order valence-electron chi connectivity index (χ1n) is 5.90. The maximum absolute atomic E-state index is 5.49. The zero-order valence-corrected chi connectivity index (χ0v) is 11.0. The highest BCUT2D eigenvalue weighted by molar-refractivity contribution is 5.30. The molecule has 0 spiro atoms. The topological polar surface area (TPSA) is 56.3 Å². The van der Waals surface area contributed by atoms with E-state index in [2.05, 4.69) is 22.2 Å². The second-order valence-corrected chi connectivity index (χ2v) is 3.95. The van der Waals surface area contributed by atoms with Crippen LogP contribution in [0.3, 0.4) is 0 Å². The van der Waals surface area contributed by atoms with Crippen molar-refractivity contribution in [3.8, 4) is 5.88 Å². The maximum atomic E-state index is 5.49. The summed E-state index contributed by atoms with van der Waals surface area (Å²) in [4.78, 5) is 8.57. The monoisotopic (exact) mass is 239 g/mol. The SMILES string of the molecule is CCCOc1cc(C)nc(NCC(C)OC)n1. The van der Waals surface area contributed by atoms with Crippen LogP contribution in [0.5, 0.6) is 5.88 Å². The highest BCUT2D eigenvalue weighted by Crippen LogP contribution is 2.12. The van der Waals surface area contributed by atoms with Crippen molar-refractivity contribution >= 4 is 5.95 Å². The van der Waals surface area contributed by atoms with E-state index < -0.39 is 0 Å². The molecule has 0 aliphatic carbocycles. The number of hydrogen-bond donors (Lipinski definition) is 1. The largest absolute Gasteiger partial charge is 0.478 e. The molecule has 0 radical (unpaired) electrons. The van der Waals surface area contributed by atoms with Crippen molar-refractivity contribution in [3.05, 3.63) is 11.8 Å². The molecule has 5 nitrogen and oxygen atoms in total. The first-order chi connectivity index (χ1) is 8.15. The van der Waals surface area contributed by atoms with Crippen LogP contribution in [-0.2, 0) is 4.74 Å². The molecular weight excluding hydrogens is 218 g/mol. The van der Waals surface area contributed by atoms with Crippen LogP contribution in [0.4, 0.5) is 5.95 Å². The molecule has 0 bridgehead atoms. The molecule has 0 aromatic carbocycles. The summed E-state index contributed by atoms with van der Waals surface area (Å²) < 4.78 is 10.6. The molecule has 1 heterocycles. The summed E-state index contributed by atoms with van der Waals surface area (Å²) in [6.45, 7) is 7.31. The molecule has 1 N–H and O–H groups in total. The zero-order valence-electron chi connectivity index (χ0n) is 11.0. The first kappa shape index (κ1) is 13.7. The van der Waals surface area contributed by atoms with Crippen LogP contribution in [0, 0.1) is 6.92 Å². The molecule has 1 rings (SSSR count). The third-order valence-corrected chi connectivity index (χ3v) is 2.23. The summed E-state index contributed by atoms with van der Waals surface area (Å²) in [7, 11) is 1.68. The Hall–Kier alpha value is -1.36. The number of rotatable bonds is 7. The number of nitrogens with one attached hydrogen (secondary N) is 1. The molecule has 0 aliphatic heterocycles. The fraction of sp³-hybridized carbons (Fsp3) is 0.667. The van der Waals surface area contributed by atoms with Gasteiger partial charge in [-0.25, -0.2) is 4.98 Å². The van der Waals surface area contributed by atoms with Gasteiger partial charge < -0.3 is 14.8 Å². The van der Waals surface area contributed by atoms with E-state index in [1.807, 2.05) is 19.9 Å². The summed E-state index contributed by atoms with van der Waals surface area (Å²) in [6.07, 6.45) is 1.09.